The summed E-state index contributed by atoms with van der Waals surface area (Å²) in [7, 11) is 0. The van der Waals surface area contributed by atoms with Gasteiger partial charge in [-0.3, -0.25) is 10.2 Å². The molecule has 3 aromatic rings. The van der Waals surface area contributed by atoms with E-state index in [1.165, 1.54) is 0 Å². The predicted octanol–water partition coefficient (Wildman–Crippen LogP) is 3.57. The van der Waals surface area contributed by atoms with Gasteiger partial charge in [-0.1, -0.05) is 30.3 Å². The minimum atomic E-state index is 0.440. The third-order valence-corrected chi connectivity index (χ3v) is 3.71. The first-order valence-corrected chi connectivity index (χ1v) is 6.64. The lowest BCUT2D eigenvalue weighted by atomic mass is 10.1. The molecule has 0 atom stereocenters. The Morgan fingerprint density at radius 1 is 1.11 bits per heavy atom. The first kappa shape index (κ1) is 11.3. The highest BCUT2D eigenvalue weighted by Gasteiger charge is 2.15. The highest BCUT2D eigenvalue weighted by molar-refractivity contribution is 7.71. The van der Waals surface area contributed by atoms with Crippen LogP contribution < -0.4 is 0 Å². The number of benzene rings is 1. The Hall–Kier alpha value is -1.79. The lowest BCUT2D eigenvalue weighted by Gasteiger charge is -1.98. The van der Waals surface area contributed by atoms with E-state index in [9.17, 15) is 0 Å². The van der Waals surface area contributed by atoms with Crippen molar-refractivity contribution in [3.05, 3.63) is 40.1 Å². The van der Waals surface area contributed by atoms with Crippen molar-refractivity contribution in [1.82, 2.24) is 20.2 Å². The van der Waals surface area contributed by atoms with E-state index in [1.54, 1.807) is 11.3 Å². The predicted molar refractivity (Wildman–Crippen MR) is 75.1 cm³/mol. The Morgan fingerprint density at radius 3 is 2.56 bits per heavy atom. The summed E-state index contributed by atoms with van der Waals surface area (Å²) in [5.74, 6) is 0.684. The average Bonchev–Trinajstić information content (AvgIpc) is 2.96. The minimum Gasteiger partial charge on any atom is -0.280 e. The second-order valence-electron chi connectivity index (χ2n) is 3.79. The van der Waals surface area contributed by atoms with Crippen LogP contribution in [0.5, 0.6) is 0 Å². The molecule has 18 heavy (non-hydrogen) atoms. The lowest BCUT2D eigenvalue weighted by Crippen LogP contribution is -1.84. The number of nitrogens with one attached hydrogen (secondary N) is 2. The van der Waals surface area contributed by atoms with Crippen LogP contribution in [0.1, 0.15) is 5.01 Å². The highest BCUT2D eigenvalue weighted by atomic mass is 32.1. The highest BCUT2D eigenvalue weighted by Crippen LogP contribution is 2.34. The fourth-order valence-electron chi connectivity index (χ4n) is 1.76. The number of thiazole rings is 1. The van der Waals surface area contributed by atoms with Gasteiger partial charge in [0.05, 0.1) is 9.88 Å². The maximum atomic E-state index is 4.98. The van der Waals surface area contributed by atoms with Crippen molar-refractivity contribution >= 4 is 23.6 Å². The Kier molecular flexibility index (Phi) is 2.81. The van der Waals surface area contributed by atoms with Gasteiger partial charge in [0.2, 0.25) is 4.77 Å². The smallest absolute Gasteiger partial charge is 0.213 e. The summed E-state index contributed by atoms with van der Waals surface area (Å²) >= 11 is 6.63. The number of rotatable bonds is 2. The standard InChI is InChI=1S/C12H10N4S2/c1-7-13-9(11-14-12(17)16-15-11)10(18-7)8-5-3-2-4-6-8/h2-6H,1H3,(H2,14,15,16,17). The number of nitrogens with zero attached hydrogens (tertiary/aromatic N) is 2. The van der Waals surface area contributed by atoms with Gasteiger partial charge in [-0.25, -0.2) is 4.98 Å². The fourth-order valence-corrected chi connectivity index (χ4v) is 2.82. The van der Waals surface area contributed by atoms with Crippen LogP contribution in [-0.4, -0.2) is 20.2 Å². The molecule has 3 rings (SSSR count). The minimum absolute atomic E-state index is 0.440. The first-order valence-electron chi connectivity index (χ1n) is 5.42. The first-order chi connectivity index (χ1) is 8.74. The number of aryl methyl sites for hydroxylation is 1. The third-order valence-electron chi connectivity index (χ3n) is 2.50. The van der Waals surface area contributed by atoms with Crippen LogP contribution in [0.4, 0.5) is 0 Å². The summed E-state index contributed by atoms with van der Waals surface area (Å²) in [5, 5.41) is 6.75. The van der Waals surface area contributed by atoms with Crippen molar-refractivity contribution in [1.29, 1.82) is 0 Å². The van der Waals surface area contributed by atoms with Crippen LogP contribution in [0.15, 0.2) is 30.3 Å². The van der Waals surface area contributed by atoms with Crippen molar-refractivity contribution in [2.24, 2.45) is 0 Å². The zero-order valence-electron chi connectivity index (χ0n) is 9.60. The van der Waals surface area contributed by atoms with E-state index in [2.05, 4.69) is 32.3 Å². The summed E-state index contributed by atoms with van der Waals surface area (Å²) in [6.07, 6.45) is 0. The zero-order chi connectivity index (χ0) is 12.5. The van der Waals surface area contributed by atoms with Crippen LogP contribution >= 0.6 is 23.6 Å². The van der Waals surface area contributed by atoms with Crippen molar-refractivity contribution in [2.75, 3.05) is 0 Å². The van der Waals surface area contributed by atoms with Gasteiger partial charge < -0.3 is 0 Å². The van der Waals surface area contributed by atoms with Gasteiger partial charge in [-0.05, 0) is 24.7 Å². The largest absolute Gasteiger partial charge is 0.280 e. The average molecular weight is 274 g/mol. The van der Waals surface area contributed by atoms with Crippen LogP contribution in [0, 0.1) is 11.7 Å². The molecule has 0 bridgehead atoms. The van der Waals surface area contributed by atoms with Gasteiger partial charge in [0, 0.05) is 0 Å². The Morgan fingerprint density at radius 2 is 1.89 bits per heavy atom. The normalized spacial score (nSPS) is 10.7. The van der Waals surface area contributed by atoms with Gasteiger partial charge in [0.1, 0.15) is 5.69 Å². The van der Waals surface area contributed by atoms with Crippen LogP contribution in [-0.2, 0) is 0 Å². The molecule has 1 aromatic carbocycles. The molecule has 0 radical (unpaired) electrons. The van der Waals surface area contributed by atoms with Crippen molar-refractivity contribution < 1.29 is 0 Å². The molecule has 4 nitrogen and oxygen atoms in total. The molecule has 0 amide bonds. The molecule has 0 saturated carbocycles. The molecule has 0 aliphatic heterocycles. The third kappa shape index (κ3) is 2.00. The Labute approximate surface area is 113 Å². The zero-order valence-corrected chi connectivity index (χ0v) is 11.2. The maximum Gasteiger partial charge on any atom is 0.213 e. The van der Waals surface area contributed by atoms with E-state index in [0.29, 0.717) is 10.6 Å². The van der Waals surface area contributed by atoms with E-state index in [0.717, 1.165) is 21.1 Å². The van der Waals surface area contributed by atoms with E-state index in [-0.39, 0.29) is 0 Å². The second kappa shape index (κ2) is 4.47. The van der Waals surface area contributed by atoms with Gasteiger partial charge >= 0.3 is 0 Å². The molecule has 2 N–H and O–H groups in total. The molecule has 2 heterocycles. The number of aromatic amines is 2. The number of H-pyrrole nitrogens is 2. The molecular weight excluding hydrogens is 264 g/mol. The SMILES string of the molecule is Cc1nc(-c2nc(=S)[nH][nH]2)c(-c2ccccc2)s1. The second-order valence-corrected chi connectivity index (χ2v) is 5.38. The Bertz CT molecular complexity index is 724. The monoisotopic (exact) mass is 274 g/mol. The summed E-state index contributed by atoms with van der Waals surface area (Å²) in [5.41, 5.74) is 1.98. The van der Waals surface area contributed by atoms with Crippen molar-refractivity contribution in [3.63, 3.8) is 0 Å². The molecule has 90 valence electrons. The van der Waals surface area contributed by atoms with Crippen LogP contribution in [0.2, 0.25) is 0 Å². The quantitative estimate of drug-likeness (QED) is 0.702. The van der Waals surface area contributed by atoms with Gasteiger partial charge in [0.15, 0.2) is 5.82 Å². The number of hydrogen-bond donors (Lipinski definition) is 2. The van der Waals surface area contributed by atoms with Gasteiger partial charge in [0.25, 0.3) is 0 Å². The maximum absolute atomic E-state index is 4.98. The molecule has 0 saturated heterocycles. The number of hydrogen-bond acceptors (Lipinski definition) is 4. The summed E-state index contributed by atoms with van der Waals surface area (Å²) < 4.78 is 0.440. The van der Waals surface area contributed by atoms with Crippen molar-refractivity contribution in [2.45, 2.75) is 6.92 Å². The van der Waals surface area contributed by atoms with Crippen LogP contribution in [0.25, 0.3) is 22.0 Å². The Balaban J connectivity index is 2.19. The molecule has 0 spiro atoms. The van der Waals surface area contributed by atoms with E-state index in [1.807, 2.05) is 25.1 Å². The molecule has 2 aromatic heterocycles. The number of aromatic nitrogens is 4. The fraction of sp³-hybridized carbons (Fsp3) is 0.0833. The summed E-state index contributed by atoms with van der Waals surface area (Å²) in [6, 6.07) is 10.2. The molecule has 0 aliphatic carbocycles. The summed E-state index contributed by atoms with van der Waals surface area (Å²) in [6.45, 7) is 1.99. The van der Waals surface area contributed by atoms with E-state index >= 15 is 0 Å². The molecule has 0 unspecified atom stereocenters. The molecule has 0 aliphatic rings. The van der Waals surface area contributed by atoms with Crippen LogP contribution in [0.3, 0.4) is 0 Å². The summed E-state index contributed by atoms with van der Waals surface area (Å²) in [4.78, 5) is 9.86. The van der Waals surface area contributed by atoms with Gasteiger partial charge in [-0.15, -0.1) is 11.3 Å². The van der Waals surface area contributed by atoms with E-state index in [4.69, 9.17) is 12.2 Å². The molecular formula is C12H10N4S2. The van der Waals surface area contributed by atoms with Gasteiger partial charge in [-0.2, -0.15) is 4.98 Å². The van der Waals surface area contributed by atoms with E-state index < -0.39 is 0 Å². The topological polar surface area (TPSA) is 57.4 Å². The lowest BCUT2D eigenvalue weighted by molar-refractivity contribution is 1.08. The molecule has 6 heteroatoms. The molecule has 0 fully saturated rings. The van der Waals surface area contributed by atoms with Crippen molar-refractivity contribution in [3.8, 4) is 22.0 Å².